The van der Waals surface area contributed by atoms with Gasteiger partial charge in [0.05, 0.1) is 17.3 Å². The van der Waals surface area contributed by atoms with Crippen molar-refractivity contribution in [1.29, 1.82) is 0 Å². The number of nitrogens with one attached hydrogen (secondary N) is 2. The minimum atomic E-state index is -1.09. The quantitative estimate of drug-likeness (QED) is 0.791. The maximum atomic E-state index is 12.3. The minimum Gasteiger partial charge on any atom is -0.482 e. The monoisotopic (exact) mass is 340 g/mol. The number of fused-ring (bicyclic) bond motifs is 1. The second kappa shape index (κ2) is 6.64. The molecule has 0 aromatic heterocycles. The highest BCUT2D eigenvalue weighted by molar-refractivity contribution is 5.98. The molecule has 0 spiro atoms. The maximum Gasteiger partial charge on any atom is 0.335 e. The molecule has 3 N–H and O–H groups in total. The fourth-order valence-corrected chi connectivity index (χ4v) is 2.53. The zero-order valence-corrected chi connectivity index (χ0v) is 13.4. The Hall–Kier alpha value is -3.35. The van der Waals surface area contributed by atoms with Gasteiger partial charge in [-0.15, -0.1) is 0 Å². The van der Waals surface area contributed by atoms with E-state index in [1.54, 1.807) is 31.2 Å². The van der Waals surface area contributed by atoms with Crippen molar-refractivity contribution in [2.45, 2.75) is 13.0 Å². The molecule has 128 valence electrons. The van der Waals surface area contributed by atoms with E-state index in [-0.39, 0.29) is 35.6 Å². The van der Waals surface area contributed by atoms with Gasteiger partial charge in [0.15, 0.2) is 6.61 Å². The molecule has 1 aliphatic rings. The van der Waals surface area contributed by atoms with Gasteiger partial charge in [-0.25, -0.2) is 4.79 Å². The molecule has 1 aliphatic heterocycles. The van der Waals surface area contributed by atoms with Crippen molar-refractivity contribution in [3.63, 3.8) is 0 Å². The third kappa shape index (κ3) is 3.60. The van der Waals surface area contributed by atoms with E-state index >= 15 is 0 Å². The zero-order valence-electron chi connectivity index (χ0n) is 13.4. The largest absolute Gasteiger partial charge is 0.482 e. The molecule has 0 saturated carbocycles. The molecular formula is C18H16N2O5. The maximum absolute atomic E-state index is 12.3. The first kappa shape index (κ1) is 16.5. The summed E-state index contributed by atoms with van der Waals surface area (Å²) >= 11 is 0. The molecule has 0 saturated heterocycles. The summed E-state index contributed by atoms with van der Waals surface area (Å²) in [5.74, 6) is -1.12. The summed E-state index contributed by atoms with van der Waals surface area (Å²) in [5, 5.41) is 14.5. The predicted molar refractivity (Wildman–Crippen MR) is 89.8 cm³/mol. The number of benzene rings is 2. The van der Waals surface area contributed by atoms with Crippen LogP contribution >= 0.6 is 0 Å². The van der Waals surface area contributed by atoms with Crippen LogP contribution in [0.3, 0.4) is 0 Å². The van der Waals surface area contributed by atoms with E-state index in [1.807, 2.05) is 0 Å². The Bertz CT molecular complexity index is 862. The van der Waals surface area contributed by atoms with Crippen LogP contribution in [0.15, 0.2) is 42.5 Å². The first-order valence-electron chi connectivity index (χ1n) is 7.65. The van der Waals surface area contributed by atoms with Crippen LogP contribution in [0, 0.1) is 0 Å². The van der Waals surface area contributed by atoms with Crippen molar-refractivity contribution in [3.8, 4) is 5.75 Å². The molecule has 25 heavy (non-hydrogen) atoms. The van der Waals surface area contributed by atoms with E-state index in [1.165, 1.54) is 18.2 Å². The number of carboxylic acid groups (broad SMARTS) is 1. The number of carboxylic acids is 1. The van der Waals surface area contributed by atoms with Crippen LogP contribution in [-0.4, -0.2) is 29.5 Å². The van der Waals surface area contributed by atoms with Gasteiger partial charge in [0.25, 0.3) is 11.8 Å². The van der Waals surface area contributed by atoms with Crippen LogP contribution in [0.25, 0.3) is 0 Å². The van der Waals surface area contributed by atoms with Crippen molar-refractivity contribution in [2.24, 2.45) is 0 Å². The summed E-state index contributed by atoms with van der Waals surface area (Å²) in [4.78, 5) is 34.8. The average Bonchev–Trinajstić information content (AvgIpc) is 2.61. The second-order valence-electron chi connectivity index (χ2n) is 5.67. The number of hydrogen-bond donors (Lipinski definition) is 3. The van der Waals surface area contributed by atoms with Crippen molar-refractivity contribution < 1.29 is 24.2 Å². The summed E-state index contributed by atoms with van der Waals surface area (Å²) in [6, 6.07) is 10.8. The number of ether oxygens (including phenoxy) is 1. The Morgan fingerprint density at radius 1 is 1.20 bits per heavy atom. The Kier molecular flexibility index (Phi) is 4.38. The molecule has 7 nitrogen and oxygen atoms in total. The Morgan fingerprint density at radius 3 is 2.72 bits per heavy atom. The Labute approximate surface area is 143 Å². The van der Waals surface area contributed by atoms with Gasteiger partial charge in [-0.05, 0) is 42.8 Å². The lowest BCUT2D eigenvalue weighted by atomic mass is 10.1. The fraction of sp³-hybridized carbons (Fsp3) is 0.167. The van der Waals surface area contributed by atoms with Crippen molar-refractivity contribution >= 4 is 23.5 Å². The number of anilines is 1. The highest BCUT2D eigenvalue weighted by Crippen LogP contribution is 2.30. The normalized spacial score (nSPS) is 13.9. The lowest BCUT2D eigenvalue weighted by Gasteiger charge is -2.21. The van der Waals surface area contributed by atoms with Gasteiger partial charge < -0.3 is 20.5 Å². The second-order valence-corrected chi connectivity index (χ2v) is 5.67. The van der Waals surface area contributed by atoms with E-state index < -0.39 is 5.97 Å². The first-order chi connectivity index (χ1) is 11.9. The Morgan fingerprint density at radius 2 is 1.96 bits per heavy atom. The number of aromatic carboxylic acids is 1. The highest BCUT2D eigenvalue weighted by Gasteiger charge is 2.19. The van der Waals surface area contributed by atoms with E-state index in [9.17, 15) is 14.4 Å². The van der Waals surface area contributed by atoms with E-state index in [0.29, 0.717) is 11.4 Å². The number of carbonyl (C=O) groups excluding carboxylic acids is 2. The average molecular weight is 340 g/mol. The number of amides is 2. The molecule has 3 rings (SSSR count). The molecular weight excluding hydrogens is 324 g/mol. The van der Waals surface area contributed by atoms with Crippen molar-refractivity contribution in [1.82, 2.24) is 5.32 Å². The molecule has 0 aliphatic carbocycles. The molecule has 2 aromatic rings. The topological polar surface area (TPSA) is 105 Å². The van der Waals surface area contributed by atoms with Crippen LogP contribution in [0.2, 0.25) is 0 Å². The van der Waals surface area contributed by atoms with Crippen LogP contribution in [0.1, 0.15) is 39.2 Å². The van der Waals surface area contributed by atoms with Gasteiger partial charge >= 0.3 is 5.97 Å². The lowest BCUT2D eigenvalue weighted by molar-refractivity contribution is -0.118. The molecule has 2 amide bonds. The fourth-order valence-electron chi connectivity index (χ4n) is 2.53. The third-order valence-corrected chi connectivity index (χ3v) is 3.86. The SMILES string of the molecule is C[C@@H](NC(=O)c1cccc(C(=O)O)c1)c1ccc2c(c1)NC(=O)CO2. The highest BCUT2D eigenvalue weighted by atomic mass is 16.5. The smallest absolute Gasteiger partial charge is 0.335 e. The lowest BCUT2D eigenvalue weighted by Crippen LogP contribution is -2.28. The predicted octanol–water partition coefficient (Wildman–Crippen LogP) is 2.21. The van der Waals surface area contributed by atoms with Crippen LogP contribution in [0.4, 0.5) is 5.69 Å². The summed E-state index contributed by atoms with van der Waals surface area (Å²) in [6.45, 7) is 1.78. The molecule has 7 heteroatoms. The molecule has 0 bridgehead atoms. The third-order valence-electron chi connectivity index (χ3n) is 3.86. The molecule has 0 radical (unpaired) electrons. The van der Waals surface area contributed by atoms with Gasteiger partial charge in [-0.2, -0.15) is 0 Å². The van der Waals surface area contributed by atoms with Crippen molar-refractivity contribution in [2.75, 3.05) is 11.9 Å². The van der Waals surface area contributed by atoms with Crippen LogP contribution in [-0.2, 0) is 4.79 Å². The van der Waals surface area contributed by atoms with Gasteiger partial charge in [-0.1, -0.05) is 12.1 Å². The van der Waals surface area contributed by atoms with Gasteiger partial charge in [-0.3, -0.25) is 9.59 Å². The minimum absolute atomic E-state index is 0.0153. The number of rotatable bonds is 4. The molecule has 2 aromatic carbocycles. The molecule has 1 atom stereocenters. The molecule has 0 unspecified atom stereocenters. The van der Waals surface area contributed by atoms with Crippen molar-refractivity contribution in [3.05, 3.63) is 59.2 Å². The number of hydrogen-bond acceptors (Lipinski definition) is 4. The van der Waals surface area contributed by atoms with Crippen LogP contribution in [0.5, 0.6) is 5.75 Å². The molecule has 0 fully saturated rings. The first-order valence-corrected chi connectivity index (χ1v) is 7.65. The van der Waals surface area contributed by atoms with Crippen LogP contribution < -0.4 is 15.4 Å². The van der Waals surface area contributed by atoms with Gasteiger partial charge in [0, 0.05) is 5.56 Å². The zero-order chi connectivity index (χ0) is 18.0. The van der Waals surface area contributed by atoms with E-state index in [4.69, 9.17) is 9.84 Å². The Balaban J connectivity index is 1.76. The van der Waals surface area contributed by atoms with Gasteiger partial charge in [0.1, 0.15) is 5.75 Å². The van der Waals surface area contributed by atoms with E-state index in [2.05, 4.69) is 10.6 Å². The summed E-state index contributed by atoms with van der Waals surface area (Å²) < 4.78 is 5.30. The summed E-state index contributed by atoms with van der Waals surface area (Å²) in [7, 11) is 0. The van der Waals surface area contributed by atoms with E-state index in [0.717, 1.165) is 5.56 Å². The summed E-state index contributed by atoms with van der Waals surface area (Å²) in [5.41, 5.74) is 1.66. The number of carbonyl (C=O) groups is 3. The summed E-state index contributed by atoms with van der Waals surface area (Å²) in [6.07, 6.45) is 0. The molecule has 1 heterocycles. The standard InChI is InChI=1S/C18H16N2O5/c1-10(11-5-6-15-14(8-11)20-16(21)9-25-15)19-17(22)12-3-2-4-13(7-12)18(23)24/h2-8,10H,9H2,1H3,(H,19,22)(H,20,21)(H,23,24)/t10-/m1/s1. The van der Waals surface area contributed by atoms with Gasteiger partial charge in [0.2, 0.25) is 0 Å².